The smallest absolute Gasteiger partial charge is 0.152 e. The van der Waals surface area contributed by atoms with Crippen LogP contribution >= 0.6 is 0 Å². The van der Waals surface area contributed by atoms with Gasteiger partial charge in [0.2, 0.25) is 0 Å². The molecular formula is C12H20N4. The molecule has 4 nitrogen and oxygen atoms in total. The van der Waals surface area contributed by atoms with E-state index >= 15 is 0 Å². The fraction of sp³-hybridized carbons (Fsp3) is 0.667. The Balaban J connectivity index is 1.95. The van der Waals surface area contributed by atoms with Gasteiger partial charge in [-0.05, 0) is 31.1 Å². The molecule has 16 heavy (non-hydrogen) atoms. The van der Waals surface area contributed by atoms with Crippen molar-refractivity contribution in [1.29, 1.82) is 0 Å². The van der Waals surface area contributed by atoms with Crippen molar-refractivity contribution in [2.24, 2.45) is 5.41 Å². The molecule has 0 amide bonds. The number of hydrogen-bond donors (Lipinski definition) is 2. The molecule has 2 rings (SSSR count). The Morgan fingerprint density at radius 2 is 2.06 bits per heavy atom. The molecule has 0 radical (unpaired) electrons. The molecule has 1 aliphatic rings. The Labute approximate surface area is 96.7 Å². The molecule has 3 N–H and O–H groups in total. The zero-order chi connectivity index (χ0) is 11.6. The van der Waals surface area contributed by atoms with Crippen molar-refractivity contribution >= 4 is 11.5 Å². The molecule has 1 aromatic rings. The van der Waals surface area contributed by atoms with Gasteiger partial charge >= 0.3 is 0 Å². The first-order chi connectivity index (χ1) is 7.57. The highest BCUT2D eigenvalue weighted by atomic mass is 15.1. The Hall–Kier alpha value is -1.32. The number of nitrogens with two attached hydrogens (primary N) is 1. The maximum Gasteiger partial charge on any atom is 0.152 e. The number of aromatic nitrogens is 2. The van der Waals surface area contributed by atoms with Crippen LogP contribution < -0.4 is 11.1 Å². The van der Waals surface area contributed by atoms with Gasteiger partial charge < -0.3 is 11.1 Å². The minimum Gasteiger partial charge on any atom is -0.394 e. The molecule has 0 aliphatic heterocycles. The Morgan fingerprint density at radius 3 is 2.69 bits per heavy atom. The predicted molar refractivity (Wildman–Crippen MR) is 66.1 cm³/mol. The van der Waals surface area contributed by atoms with Gasteiger partial charge in [0.25, 0.3) is 0 Å². The molecule has 0 aromatic carbocycles. The lowest BCUT2D eigenvalue weighted by molar-refractivity contribution is 0.232. The molecule has 88 valence electrons. The van der Waals surface area contributed by atoms with E-state index in [4.69, 9.17) is 5.73 Å². The number of nitrogens with one attached hydrogen (secondary N) is 1. The first-order valence-corrected chi connectivity index (χ1v) is 5.89. The number of nitrogen functional groups attached to an aromatic ring is 1. The lowest BCUT2D eigenvalue weighted by Gasteiger charge is -2.34. The molecule has 0 spiro atoms. The number of nitrogens with zero attached hydrogens (tertiary/aromatic N) is 2. The SMILES string of the molecule is CC1(C)CCC(Nc2ncncc2N)CC1. The maximum absolute atomic E-state index is 5.80. The second-order valence-corrected chi connectivity index (χ2v) is 5.41. The molecule has 1 aliphatic carbocycles. The van der Waals surface area contributed by atoms with Crippen molar-refractivity contribution in [3.05, 3.63) is 12.5 Å². The lowest BCUT2D eigenvalue weighted by atomic mass is 9.75. The van der Waals surface area contributed by atoms with E-state index in [1.54, 1.807) is 6.20 Å². The highest BCUT2D eigenvalue weighted by Crippen LogP contribution is 2.36. The second-order valence-electron chi connectivity index (χ2n) is 5.41. The molecule has 0 saturated heterocycles. The fourth-order valence-corrected chi connectivity index (χ4v) is 2.20. The summed E-state index contributed by atoms with van der Waals surface area (Å²) < 4.78 is 0. The van der Waals surface area contributed by atoms with Crippen LogP contribution in [-0.2, 0) is 0 Å². The van der Waals surface area contributed by atoms with Crippen LogP contribution in [0.3, 0.4) is 0 Å². The Kier molecular flexibility index (Phi) is 2.99. The summed E-state index contributed by atoms with van der Waals surface area (Å²) >= 11 is 0. The standard InChI is InChI=1S/C12H20N4/c1-12(2)5-3-9(4-6-12)16-11-10(13)7-14-8-15-11/h7-9H,3-6,13H2,1-2H3,(H,14,15,16). The van der Waals surface area contributed by atoms with Crippen LogP contribution in [0.15, 0.2) is 12.5 Å². The normalized spacial score (nSPS) is 20.6. The maximum atomic E-state index is 5.80. The summed E-state index contributed by atoms with van der Waals surface area (Å²) in [5, 5.41) is 3.41. The van der Waals surface area contributed by atoms with Gasteiger partial charge in [-0.1, -0.05) is 13.8 Å². The summed E-state index contributed by atoms with van der Waals surface area (Å²) in [6.45, 7) is 4.67. The van der Waals surface area contributed by atoms with Crippen molar-refractivity contribution < 1.29 is 0 Å². The zero-order valence-electron chi connectivity index (χ0n) is 10.0. The summed E-state index contributed by atoms with van der Waals surface area (Å²) in [5.41, 5.74) is 6.93. The molecule has 0 atom stereocenters. The van der Waals surface area contributed by atoms with E-state index in [1.807, 2.05) is 0 Å². The van der Waals surface area contributed by atoms with Gasteiger partial charge in [0.15, 0.2) is 5.82 Å². The minimum absolute atomic E-state index is 0.495. The summed E-state index contributed by atoms with van der Waals surface area (Å²) in [7, 11) is 0. The Morgan fingerprint density at radius 1 is 1.38 bits per heavy atom. The van der Waals surface area contributed by atoms with E-state index in [9.17, 15) is 0 Å². The highest BCUT2D eigenvalue weighted by molar-refractivity contribution is 5.59. The van der Waals surface area contributed by atoms with E-state index in [1.165, 1.54) is 32.0 Å². The lowest BCUT2D eigenvalue weighted by Crippen LogP contribution is -2.30. The minimum atomic E-state index is 0.495. The van der Waals surface area contributed by atoms with E-state index in [0.29, 0.717) is 17.1 Å². The average Bonchev–Trinajstić information content (AvgIpc) is 2.24. The number of rotatable bonds is 2. The third kappa shape index (κ3) is 2.62. The molecule has 0 unspecified atom stereocenters. The van der Waals surface area contributed by atoms with Gasteiger partial charge in [0.1, 0.15) is 6.33 Å². The number of anilines is 2. The van der Waals surface area contributed by atoms with Crippen molar-refractivity contribution in [1.82, 2.24) is 9.97 Å². The van der Waals surface area contributed by atoms with Crippen molar-refractivity contribution in [2.45, 2.75) is 45.6 Å². The van der Waals surface area contributed by atoms with Crippen LogP contribution in [0.25, 0.3) is 0 Å². The van der Waals surface area contributed by atoms with Crippen LogP contribution in [0.1, 0.15) is 39.5 Å². The average molecular weight is 220 g/mol. The van der Waals surface area contributed by atoms with Gasteiger partial charge in [-0.25, -0.2) is 9.97 Å². The van der Waals surface area contributed by atoms with E-state index in [0.717, 1.165) is 5.82 Å². The molecule has 1 fully saturated rings. The van der Waals surface area contributed by atoms with Crippen molar-refractivity contribution in [3.8, 4) is 0 Å². The van der Waals surface area contributed by atoms with Gasteiger partial charge in [0, 0.05) is 6.04 Å². The van der Waals surface area contributed by atoms with Gasteiger partial charge in [-0.2, -0.15) is 0 Å². The summed E-state index contributed by atoms with van der Waals surface area (Å²) in [5.74, 6) is 0.778. The van der Waals surface area contributed by atoms with Crippen LogP contribution in [0.5, 0.6) is 0 Å². The van der Waals surface area contributed by atoms with Crippen molar-refractivity contribution in [3.63, 3.8) is 0 Å². The van der Waals surface area contributed by atoms with Crippen molar-refractivity contribution in [2.75, 3.05) is 11.1 Å². The quantitative estimate of drug-likeness (QED) is 0.803. The monoisotopic (exact) mass is 220 g/mol. The van der Waals surface area contributed by atoms with Gasteiger partial charge in [0.05, 0.1) is 11.9 Å². The number of hydrogen-bond acceptors (Lipinski definition) is 4. The van der Waals surface area contributed by atoms with Gasteiger partial charge in [-0.3, -0.25) is 0 Å². The van der Waals surface area contributed by atoms with Crippen LogP contribution in [-0.4, -0.2) is 16.0 Å². The summed E-state index contributed by atoms with van der Waals surface area (Å²) in [6.07, 6.45) is 8.08. The topological polar surface area (TPSA) is 63.8 Å². The predicted octanol–water partition coefficient (Wildman–Crippen LogP) is 2.44. The summed E-state index contributed by atoms with van der Waals surface area (Å²) in [4.78, 5) is 8.05. The van der Waals surface area contributed by atoms with E-state index in [-0.39, 0.29) is 0 Å². The largest absolute Gasteiger partial charge is 0.394 e. The third-order valence-corrected chi connectivity index (χ3v) is 3.42. The van der Waals surface area contributed by atoms with E-state index in [2.05, 4.69) is 29.1 Å². The van der Waals surface area contributed by atoms with Gasteiger partial charge in [-0.15, -0.1) is 0 Å². The Bertz CT molecular complexity index is 352. The first kappa shape index (κ1) is 11.2. The molecule has 1 aromatic heterocycles. The summed E-state index contributed by atoms with van der Waals surface area (Å²) in [6, 6.07) is 0.505. The second kappa shape index (κ2) is 4.28. The fourth-order valence-electron chi connectivity index (χ4n) is 2.20. The molecule has 1 heterocycles. The molecule has 0 bridgehead atoms. The highest BCUT2D eigenvalue weighted by Gasteiger charge is 2.26. The van der Waals surface area contributed by atoms with E-state index < -0.39 is 0 Å². The first-order valence-electron chi connectivity index (χ1n) is 5.89. The van der Waals surface area contributed by atoms with Crippen LogP contribution in [0.4, 0.5) is 11.5 Å². The zero-order valence-corrected chi connectivity index (χ0v) is 10.0. The third-order valence-electron chi connectivity index (χ3n) is 3.42. The van der Waals surface area contributed by atoms with Crippen LogP contribution in [0, 0.1) is 5.41 Å². The molecular weight excluding hydrogens is 200 g/mol. The van der Waals surface area contributed by atoms with Crippen LogP contribution in [0.2, 0.25) is 0 Å². The molecule has 4 heteroatoms. The molecule has 1 saturated carbocycles.